The highest BCUT2D eigenvalue weighted by Gasteiger charge is 2.21. The second-order valence-corrected chi connectivity index (χ2v) is 14.9. The van der Waals surface area contributed by atoms with Crippen LogP contribution in [0.15, 0.2) is 103 Å². The second-order valence-electron chi connectivity index (χ2n) is 14.9. The quantitative estimate of drug-likeness (QED) is 0.155. The number of aryl methyl sites for hydroxylation is 2. The van der Waals surface area contributed by atoms with Gasteiger partial charge in [-0.05, 0) is 90.3 Å². The maximum Gasteiger partial charge on any atom is 0.137 e. The SMILES string of the molecule is CCCc1c(-c2ccc(C)cc2)c(CC)nn1-c1cc(Oc2ccc3c4ccccc4n(-c4cc(C(C)(C)C)ccn4)c3c2)cc(C(C)C)c1. The van der Waals surface area contributed by atoms with Gasteiger partial charge in [-0.1, -0.05) is 103 Å². The first-order valence-corrected chi connectivity index (χ1v) is 18.1. The van der Waals surface area contributed by atoms with E-state index in [1.54, 1.807) is 0 Å². The first-order valence-electron chi connectivity index (χ1n) is 18.1. The molecule has 0 spiro atoms. The van der Waals surface area contributed by atoms with E-state index in [0.29, 0.717) is 5.92 Å². The average Bonchev–Trinajstić information content (AvgIpc) is 3.63. The van der Waals surface area contributed by atoms with Crippen molar-refractivity contribution in [1.29, 1.82) is 0 Å². The Morgan fingerprint density at radius 2 is 1.54 bits per heavy atom. The van der Waals surface area contributed by atoms with Crippen LogP contribution in [0.5, 0.6) is 11.5 Å². The Morgan fingerprint density at radius 3 is 2.26 bits per heavy atom. The molecule has 3 aromatic heterocycles. The number of para-hydroxylation sites is 1. The van der Waals surface area contributed by atoms with Crippen LogP contribution in [-0.2, 0) is 18.3 Å². The van der Waals surface area contributed by atoms with Crippen LogP contribution >= 0.6 is 0 Å². The van der Waals surface area contributed by atoms with Crippen LogP contribution in [0, 0.1) is 6.92 Å². The third-order valence-electron chi connectivity index (χ3n) is 9.76. The summed E-state index contributed by atoms with van der Waals surface area (Å²) >= 11 is 0. The zero-order chi connectivity index (χ0) is 35.2. The number of benzene rings is 4. The summed E-state index contributed by atoms with van der Waals surface area (Å²) in [5.41, 5.74) is 11.8. The molecule has 0 aliphatic carbocycles. The molecule has 0 amide bonds. The Balaban J connectivity index is 1.35. The predicted molar refractivity (Wildman–Crippen MR) is 209 cm³/mol. The van der Waals surface area contributed by atoms with Gasteiger partial charge >= 0.3 is 0 Å². The molecule has 5 heteroatoms. The van der Waals surface area contributed by atoms with E-state index < -0.39 is 0 Å². The first-order chi connectivity index (χ1) is 24.0. The van der Waals surface area contributed by atoms with Crippen LogP contribution in [0.1, 0.15) is 88.9 Å². The molecule has 254 valence electrons. The lowest BCUT2D eigenvalue weighted by Gasteiger charge is -2.20. The fraction of sp³-hybridized carbons (Fsp3) is 0.289. The number of hydrogen-bond donors (Lipinski definition) is 0. The van der Waals surface area contributed by atoms with Crippen molar-refractivity contribution >= 4 is 21.8 Å². The molecule has 0 fully saturated rings. The zero-order valence-electron chi connectivity index (χ0n) is 30.7. The Kier molecular flexibility index (Phi) is 8.86. The molecule has 0 unspecified atom stereocenters. The smallest absolute Gasteiger partial charge is 0.137 e. The molecule has 0 saturated carbocycles. The number of nitrogens with zero attached hydrogens (tertiary/aromatic N) is 4. The van der Waals surface area contributed by atoms with Crippen molar-refractivity contribution in [3.63, 3.8) is 0 Å². The topological polar surface area (TPSA) is 44.9 Å². The largest absolute Gasteiger partial charge is 0.457 e. The predicted octanol–water partition coefficient (Wildman–Crippen LogP) is 12.1. The highest BCUT2D eigenvalue weighted by atomic mass is 16.5. The lowest BCUT2D eigenvalue weighted by atomic mass is 9.88. The molecule has 0 aliphatic heterocycles. The van der Waals surface area contributed by atoms with Gasteiger partial charge in [-0.15, -0.1) is 0 Å². The van der Waals surface area contributed by atoms with Gasteiger partial charge in [-0.3, -0.25) is 4.57 Å². The van der Waals surface area contributed by atoms with E-state index in [-0.39, 0.29) is 5.41 Å². The number of fused-ring (bicyclic) bond motifs is 3. The minimum atomic E-state index is 0.00816. The molecule has 0 radical (unpaired) electrons. The standard InChI is InChI=1S/C45H48N4O/c1-9-13-41-44(31-18-16-30(5)17-19-31)39(10-2)47-49(41)34-24-32(29(3)4)25-36(27-34)50-35-20-21-38-37-14-11-12-15-40(37)48(42(38)28-35)43-26-33(22-23-46-43)45(6,7)8/h11-12,14-29H,9-10,13H2,1-8H3. The third-order valence-corrected chi connectivity index (χ3v) is 9.76. The van der Waals surface area contributed by atoms with Gasteiger partial charge in [-0.25, -0.2) is 9.67 Å². The van der Waals surface area contributed by atoms with E-state index in [9.17, 15) is 0 Å². The number of hydrogen-bond acceptors (Lipinski definition) is 3. The Labute approximate surface area is 296 Å². The molecule has 50 heavy (non-hydrogen) atoms. The summed E-state index contributed by atoms with van der Waals surface area (Å²) in [5, 5.41) is 7.61. The minimum Gasteiger partial charge on any atom is -0.457 e. The van der Waals surface area contributed by atoms with Gasteiger partial charge in [0.2, 0.25) is 0 Å². The molecular formula is C45H48N4O. The van der Waals surface area contributed by atoms with Crippen molar-refractivity contribution in [2.45, 2.75) is 86.0 Å². The summed E-state index contributed by atoms with van der Waals surface area (Å²) in [5.74, 6) is 2.80. The Morgan fingerprint density at radius 1 is 0.780 bits per heavy atom. The zero-order valence-corrected chi connectivity index (χ0v) is 30.7. The average molecular weight is 661 g/mol. The van der Waals surface area contributed by atoms with E-state index in [0.717, 1.165) is 59.0 Å². The molecule has 0 saturated heterocycles. The molecule has 7 rings (SSSR count). The van der Waals surface area contributed by atoms with Crippen LogP contribution in [0.25, 0.3) is 44.4 Å². The summed E-state index contributed by atoms with van der Waals surface area (Å²) in [6.45, 7) is 17.8. The van der Waals surface area contributed by atoms with Gasteiger partial charge in [0.15, 0.2) is 0 Å². The monoisotopic (exact) mass is 660 g/mol. The van der Waals surface area contributed by atoms with Crippen LogP contribution < -0.4 is 4.74 Å². The second kappa shape index (κ2) is 13.3. The molecule has 5 nitrogen and oxygen atoms in total. The number of rotatable bonds is 9. The van der Waals surface area contributed by atoms with Gasteiger partial charge in [-0.2, -0.15) is 5.10 Å². The molecule has 0 N–H and O–H groups in total. The Hall–Kier alpha value is -5.16. The lowest BCUT2D eigenvalue weighted by Crippen LogP contribution is -2.12. The summed E-state index contributed by atoms with van der Waals surface area (Å²) < 4.78 is 11.2. The number of ether oxygens (including phenoxy) is 1. The van der Waals surface area contributed by atoms with E-state index >= 15 is 0 Å². The lowest BCUT2D eigenvalue weighted by molar-refractivity contribution is 0.481. The van der Waals surface area contributed by atoms with Gasteiger partial charge in [0.1, 0.15) is 17.3 Å². The van der Waals surface area contributed by atoms with Crippen molar-refractivity contribution in [3.8, 4) is 34.1 Å². The minimum absolute atomic E-state index is 0.00816. The van der Waals surface area contributed by atoms with E-state index in [2.05, 4.69) is 162 Å². The van der Waals surface area contributed by atoms with Crippen molar-refractivity contribution < 1.29 is 4.74 Å². The summed E-state index contributed by atoms with van der Waals surface area (Å²) in [6, 6.07) is 34.8. The van der Waals surface area contributed by atoms with Crippen molar-refractivity contribution in [1.82, 2.24) is 19.3 Å². The van der Waals surface area contributed by atoms with E-state index in [4.69, 9.17) is 14.8 Å². The molecular weight excluding hydrogens is 613 g/mol. The molecule has 0 bridgehead atoms. The third kappa shape index (κ3) is 6.22. The summed E-state index contributed by atoms with van der Waals surface area (Å²) in [7, 11) is 0. The maximum atomic E-state index is 6.79. The van der Waals surface area contributed by atoms with Gasteiger partial charge in [0.05, 0.1) is 28.1 Å². The summed E-state index contributed by atoms with van der Waals surface area (Å²) in [6.07, 6.45) is 4.75. The van der Waals surface area contributed by atoms with E-state index in [1.165, 1.54) is 44.3 Å². The molecule has 7 aromatic rings. The van der Waals surface area contributed by atoms with Crippen LogP contribution in [0.3, 0.4) is 0 Å². The molecule has 3 heterocycles. The molecule has 4 aromatic carbocycles. The highest BCUT2D eigenvalue weighted by Crippen LogP contribution is 2.38. The molecule has 0 aliphatic rings. The molecule has 0 atom stereocenters. The van der Waals surface area contributed by atoms with Gasteiger partial charge in [0, 0.05) is 34.7 Å². The number of aromatic nitrogens is 4. The normalized spacial score (nSPS) is 12.0. The highest BCUT2D eigenvalue weighted by molar-refractivity contribution is 6.09. The van der Waals surface area contributed by atoms with Gasteiger partial charge in [0.25, 0.3) is 0 Å². The van der Waals surface area contributed by atoms with Crippen LogP contribution in [0.2, 0.25) is 0 Å². The van der Waals surface area contributed by atoms with Crippen LogP contribution in [-0.4, -0.2) is 19.3 Å². The van der Waals surface area contributed by atoms with Gasteiger partial charge < -0.3 is 4.74 Å². The first kappa shape index (κ1) is 33.3. The van der Waals surface area contributed by atoms with E-state index in [1.807, 2.05) is 6.20 Å². The maximum absolute atomic E-state index is 6.79. The van der Waals surface area contributed by atoms with Crippen molar-refractivity contribution in [3.05, 3.63) is 131 Å². The van der Waals surface area contributed by atoms with Crippen LogP contribution in [0.4, 0.5) is 0 Å². The Bertz CT molecular complexity index is 2320. The van der Waals surface area contributed by atoms with Crippen molar-refractivity contribution in [2.24, 2.45) is 0 Å². The number of pyridine rings is 1. The fourth-order valence-corrected chi connectivity index (χ4v) is 7.01. The summed E-state index contributed by atoms with van der Waals surface area (Å²) in [4.78, 5) is 4.86. The van der Waals surface area contributed by atoms with Crippen molar-refractivity contribution in [2.75, 3.05) is 0 Å². The fourth-order valence-electron chi connectivity index (χ4n) is 7.01.